The third-order valence-electron chi connectivity index (χ3n) is 3.37. The molecule has 0 bridgehead atoms. The van der Waals surface area contributed by atoms with Crippen molar-refractivity contribution in [1.82, 2.24) is 10.2 Å². The molecule has 3 heteroatoms. The summed E-state index contributed by atoms with van der Waals surface area (Å²) in [5, 5.41) is 3.43. The van der Waals surface area contributed by atoms with Crippen LogP contribution in [0.15, 0.2) is 16.5 Å². The third-order valence-corrected chi connectivity index (χ3v) is 3.37. The molecule has 0 spiro atoms. The minimum Gasteiger partial charge on any atom is -0.465 e. The van der Waals surface area contributed by atoms with Crippen molar-refractivity contribution in [3.05, 3.63) is 23.7 Å². The van der Waals surface area contributed by atoms with E-state index < -0.39 is 0 Å². The molecule has 1 aromatic heterocycles. The molecule has 3 nitrogen and oxygen atoms in total. The zero-order valence-electron chi connectivity index (χ0n) is 10.9. The minimum absolute atomic E-state index is 0.855. The van der Waals surface area contributed by atoms with E-state index in [1.807, 2.05) is 19.1 Å². The van der Waals surface area contributed by atoms with Crippen LogP contribution in [-0.2, 0) is 6.54 Å². The topological polar surface area (TPSA) is 28.4 Å². The van der Waals surface area contributed by atoms with Gasteiger partial charge in [0.1, 0.15) is 11.5 Å². The summed E-state index contributed by atoms with van der Waals surface area (Å²) >= 11 is 0. The van der Waals surface area contributed by atoms with Crippen molar-refractivity contribution in [3.63, 3.8) is 0 Å². The van der Waals surface area contributed by atoms with Gasteiger partial charge in [0.05, 0.1) is 6.54 Å². The maximum atomic E-state index is 5.51. The van der Waals surface area contributed by atoms with Crippen LogP contribution in [0, 0.1) is 6.92 Å². The lowest BCUT2D eigenvalue weighted by atomic mass is 10.1. The molecule has 0 atom stereocenters. The van der Waals surface area contributed by atoms with Gasteiger partial charge in [0.25, 0.3) is 0 Å². The van der Waals surface area contributed by atoms with Crippen LogP contribution in [0.1, 0.15) is 37.2 Å². The van der Waals surface area contributed by atoms with E-state index >= 15 is 0 Å². The maximum Gasteiger partial charge on any atom is 0.117 e. The molecule has 2 rings (SSSR count). The van der Waals surface area contributed by atoms with E-state index in [0.29, 0.717) is 0 Å². The first-order valence-electron chi connectivity index (χ1n) is 6.83. The van der Waals surface area contributed by atoms with Crippen LogP contribution in [-0.4, -0.2) is 31.1 Å². The zero-order chi connectivity index (χ0) is 11.9. The highest BCUT2D eigenvalue weighted by molar-refractivity contribution is 5.04. The Kier molecular flexibility index (Phi) is 5.08. The number of piperidine rings is 1. The van der Waals surface area contributed by atoms with E-state index in [9.17, 15) is 0 Å². The first-order chi connectivity index (χ1) is 8.34. The Balaban J connectivity index is 1.51. The predicted molar refractivity (Wildman–Crippen MR) is 70.1 cm³/mol. The summed E-state index contributed by atoms with van der Waals surface area (Å²) in [6.07, 6.45) is 5.44. The molecule has 0 amide bonds. The summed E-state index contributed by atoms with van der Waals surface area (Å²) in [4.78, 5) is 2.59. The average Bonchev–Trinajstić information content (AvgIpc) is 2.76. The van der Waals surface area contributed by atoms with Gasteiger partial charge in [-0.2, -0.15) is 0 Å². The van der Waals surface area contributed by atoms with Gasteiger partial charge >= 0.3 is 0 Å². The molecule has 1 aliphatic heterocycles. The molecule has 1 saturated heterocycles. The van der Waals surface area contributed by atoms with Gasteiger partial charge in [-0.05, 0) is 64.5 Å². The van der Waals surface area contributed by atoms with Crippen molar-refractivity contribution in [2.24, 2.45) is 0 Å². The fourth-order valence-corrected chi connectivity index (χ4v) is 2.40. The monoisotopic (exact) mass is 236 g/mol. The van der Waals surface area contributed by atoms with Gasteiger partial charge in [-0.3, -0.25) is 0 Å². The number of hydrogen-bond acceptors (Lipinski definition) is 3. The molecule has 0 radical (unpaired) electrons. The van der Waals surface area contributed by atoms with Gasteiger partial charge < -0.3 is 14.6 Å². The zero-order valence-corrected chi connectivity index (χ0v) is 10.9. The number of likely N-dealkylation sites (tertiary alicyclic amines) is 1. The van der Waals surface area contributed by atoms with E-state index in [2.05, 4.69) is 10.2 Å². The molecule has 1 aromatic rings. The van der Waals surface area contributed by atoms with Crippen molar-refractivity contribution in [2.75, 3.05) is 26.2 Å². The van der Waals surface area contributed by atoms with Crippen molar-refractivity contribution in [3.8, 4) is 0 Å². The number of hydrogen-bond donors (Lipinski definition) is 1. The lowest BCUT2D eigenvalue weighted by molar-refractivity contribution is 0.225. The molecule has 1 aliphatic rings. The Morgan fingerprint density at radius 3 is 2.76 bits per heavy atom. The fourth-order valence-electron chi connectivity index (χ4n) is 2.40. The van der Waals surface area contributed by atoms with Crippen LogP contribution < -0.4 is 5.32 Å². The van der Waals surface area contributed by atoms with Gasteiger partial charge in [-0.1, -0.05) is 6.42 Å². The van der Waals surface area contributed by atoms with Crippen LogP contribution in [0.25, 0.3) is 0 Å². The van der Waals surface area contributed by atoms with Gasteiger partial charge in [0, 0.05) is 0 Å². The van der Waals surface area contributed by atoms with E-state index in [1.54, 1.807) is 0 Å². The molecular formula is C14H24N2O. The predicted octanol–water partition coefficient (Wildman–Crippen LogP) is 2.55. The fraction of sp³-hybridized carbons (Fsp3) is 0.714. The largest absolute Gasteiger partial charge is 0.465 e. The average molecular weight is 236 g/mol. The summed E-state index contributed by atoms with van der Waals surface area (Å²) in [7, 11) is 0. The van der Waals surface area contributed by atoms with Gasteiger partial charge in [-0.25, -0.2) is 0 Å². The Labute approximate surface area is 104 Å². The first-order valence-corrected chi connectivity index (χ1v) is 6.83. The number of nitrogens with one attached hydrogen (secondary N) is 1. The lowest BCUT2D eigenvalue weighted by Crippen LogP contribution is -2.32. The molecular weight excluding hydrogens is 212 g/mol. The first kappa shape index (κ1) is 12.7. The van der Waals surface area contributed by atoms with Crippen molar-refractivity contribution < 1.29 is 4.42 Å². The lowest BCUT2D eigenvalue weighted by Gasteiger charge is -2.26. The summed E-state index contributed by atoms with van der Waals surface area (Å²) in [6, 6.07) is 4.07. The summed E-state index contributed by atoms with van der Waals surface area (Å²) in [6.45, 7) is 7.77. The second-order valence-electron chi connectivity index (χ2n) is 4.94. The van der Waals surface area contributed by atoms with E-state index in [-0.39, 0.29) is 0 Å². The van der Waals surface area contributed by atoms with Gasteiger partial charge in [-0.15, -0.1) is 0 Å². The van der Waals surface area contributed by atoms with Crippen LogP contribution in [0.4, 0.5) is 0 Å². The van der Waals surface area contributed by atoms with E-state index in [0.717, 1.165) is 24.6 Å². The number of aryl methyl sites for hydroxylation is 1. The van der Waals surface area contributed by atoms with Crippen molar-refractivity contribution in [1.29, 1.82) is 0 Å². The van der Waals surface area contributed by atoms with E-state index in [1.165, 1.54) is 45.3 Å². The molecule has 0 unspecified atom stereocenters. The summed E-state index contributed by atoms with van der Waals surface area (Å²) < 4.78 is 5.51. The van der Waals surface area contributed by atoms with Crippen molar-refractivity contribution >= 4 is 0 Å². The van der Waals surface area contributed by atoms with Crippen LogP contribution in [0.5, 0.6) is 0 Å². The van der Waals surface area contributed by atoms with Crippen molar-refractivity contribution in [2.45, 2.75) is 39.2 Å². The highest BCUT2D eigenvalue weighted by Gasteiger charge is 2.08. The summed E-state index contributed by atoms with van der Waals surface area (Å²) in [5.41, 5.74) is 0. The molecule has 0 aliphatic carbocycles. The van der Waals surface area contributed by atoms with Gasteiger partial charge in [0.15, 0.2) is 0 Å². The molecule has 1 fully saturated rings. The summed E-state index contributed by atoms with van der Waals surface area (Å²) in [5.74, 6) is 2.04. The van der Waals surface area contributed by atoms with Crippen LogP contribution >= 0.6 is 0 Å². The van der Waals surface area contributed by atoms with Crippen LogP contribution in [0.2, 0.25) is 0 Å². The van der Waals surface area contributed by atoms with Gasteiger partial charge in [0.2, 0.25) is 0 Å². The van der Waals surface area contributed by atoms with Crippen LogP contribution in [0.3, 0.4) is 0 Å². The third kappa shape index (κ3) is 4.52. The molecule has 17 heavy (non-hydrogen) atoms. The highest BCUT2D eigenvalue weighted by atomic mass is 16.3. The second kappa shape index (κ2) is 6.82. The normalized spacial score (nSPS) is 17.5. The highest BCUT2D eigenvalue weighted by Crippen LogP contribution is 2.08. The maximum absolute atomic E-state index is 5.51. The number of nitrogens with zero attached hydrogens (tertiary/aromatic N) is 1. The number of furan rings is 1. The second-order valence-corrected chi connectivity index (χ2v) is 4.94. The smallest absolute Gasteiger partial charge is 0.117 e. The molecule has 0 saturated carbocycles. The standard InChI is InChI=1S/C14H24N2O/c1-13-6-7-14(17-13)12-15-8-5-11-16-9-3-2-4-10-16/h6-7,15H,2-5,8-12H2,1H3. The Hall–Kier alpha value is -0.800. The quantitative estimate of drug-likeness (QED) is 0.769. The number of rotatable bonds is 6. The molecule has 1 N–H and O–H groups in total. The van der Waals surface area contributed by atoms with E-state index in [4.69, 9.17) is 4.42 Å². The molecule has 0 aromatic carbocycles. The Bertz CT molecular complexity index is 316. The Morgan fingerprint density at radius 1 is 1.24 bits per heavy atom. The Morgan fingerprint density at radius 2 is 2.06 bits per heavy atom. The molecule has 2 heterocycles. The minimum atomic E-state index is 0.855. The molecule has 96 valence electrons. The SMILES string of the molecule is Cc1ccc(CNCCCN2CCCCC2)o1.